The minimum Gasteiger partial charge on any atom is -0.0776 e. The van der Waals surface area contributed by atoms with Crippen molar-refractivity contribution in [2.75, 3.05) is 0 Å². The minimum atomic E-state index is 0. The van der Waals surface area contributed by atoms with Crippen molar-refractivity contribution >= 4 is 0 Å². The van der Waals surface area contributed by atoms with E-state index in [2.05, 4.69) is 63.2 Å². The molecule has 0 saturated carbocycles. The van der Waals surface area contributed by atoms with Crippen LogP contribution in [0.15, 0.2) is 42.5 Å². The summed E-state index contributed by atoms with van der Waals surface area (Å²) < 4.78 is 0. The molecule has 0 radical (unpaired) electrons. The first-order valence-corrected chi connectivity index (χ1v) is 5.82. The lowest BCUT2D eigenvalue weighted by Crippen LogP contribution is -2.14. The van der Waals surface area contributed by atoms with E-state index in [0.29, 0.717) is 0 Å². The molecule has 19 heavy (non-hydrogen) atoms. The van der Waals surface area contributed by atoms with Gasteiger partial charge in [0.25, 0.3) is 0 Å². The van der Waals surface area contributed by atoms with E-state index in [-0.39, 0.29) is 27.7 Å². The van der Waals surface area contributed by atoms with E-state index in [4.69, 9.17) is 0 Å². The average molecular weight is 256 g/mol. The second-order valence-corrected chi connectivity index (χ2v) is 5.22. The molecule has 0 amide bonds. The fourth-order valence-electron chi connectivity index (χ4n) is 2.83. The highest BCUT2D eigenvalue weighted by atomic mass is 14.4. The maximum Gasteiger partial charge on any atom is 0.0158 e. The van der Waals surface area contributed by atoms with E-state index in [1.165, 1.54) is 27.8 Å². The zero-order valence-electron chi connectivity index (χ0n) is 10.0. The van der Waals surface area contributed by atoms with Crippen LogP contribution in [0.4, 0.5) is 0 Å². The fraction of sp³-hybridized carbons (Fsp3) is 0.368. The molecule has 0 N–H and O–H groups in total. The van der Waals surface area contributed by atoms with Crippen molar-refractivity contribution in [3.8, 4) is 11.1 Å². The van der Waals surface area contributed by atoms with Gasteiger partial charge in [-0.2, -0.15) is 0 Å². The third kappa shape index (κ3) is 2.32. The lowest BCUT2D eigenvalue weighted by Gasteiger charge is -2.21. The van der Waals surface area contributed by atoms with Crippen LogP contribution >= 0.6 is 0 Å². The van der Waals surface area contributed by atoms with Gasteiger partial charge >= 0.3 is 0 Å². The maximum atomic E-state index is 2.31. The average Bonchev–Trinajstić information content (AvgIpc) is 2.49. The second-order valence-electron chi connectivity index (χ2n) is 5.22. The summed E-state index contributed by atoms with van der Waals surface area (Å²) in [6, 6.07) is 15.6. The second kappa shape index (κ2) is 5.61. The molecular formula is C19H28. The Hall–Kier alpha value is -1.56. The minimum absolute atomic E-state index is 0. The number of aryl methyl sites for hydroxylation is 1. The van der Waals surface area contributed by atoms with E-state index in [9.17, 15) is 0 Å². The van der Waals surface area contributed by atoms with Gasteiger partial charge in [-0.1, -0.05) is 84.2 Å². The van der Waals surface area contributed by atoms with Crippen LogP contribution in [0.25, 0.3) is 11.1 Å². The molecule has 0 aromatic heterocycles. The summed E-state index contributed by atoms with van der Waals surface area (Å²) in [4.78, 5) is 0. The van der Waals surface area contributed by atoms with Gasteiger partial charge in [-0.25, -0.2) is 0 Å². The molecule has 0 heteroatoms. The summed E-state index contributed by atoms with van der Waals surface area (Å²) >= 11 is 0. The quantitative estimate of drug-likeness (QED) is 0.525. The largest absolute Gasteiger partial charge is 0.0776 e. The van der Waals surface area contributed by atoms with Crippen LogP contribution in [0.3, 0.4) is 0 Å². The van der Waals surface area contributed by atoms with E-state index >= 15 is 0 Å². The lowest BCUT2D eigenvalue weighted by molar-refractivity contribution is 0.660. The fourth-order valence-corrected chi connectivity index (χ4v) is 2.83. The molecule has 2 aromatic carbocycles. The van der Waals surface area contributed by atoms with Gasteiger partial charge in [-0.15, -0.1) is 0 Å². The molecule has 0 heterocycles. The van der Waals surface area contributed by atoms with Crippen LogP contribution in [0.5, 0.6) is 0 Å². The first-order valence-electron chi connectivity index (χ1n) is 5.82. The van der Waals surface area contributed by atoms with Gasteiger partial charge in [-0.3, -0.25) is 0 Å². The maximum absolute atomic E-state index is 2.31. The summed E-state index contributed by atoms with van der Waals surface area (Å²) in [5, 5.41) is 0. The summed E-state index contributed by atoms with van der Waals surface area (Å²) in [6.45, 7) is 6.79. The molecule has 3 rings (SSSR count). The summed E-state index contributed by atoms with van der Waals surface area (Å²) in [5.74, 6) is 0. The molecule has 0 nitrogen and oxygen atoms in total. The smallest absolute Gasteiger partial charge is 0.0158 e. The Kier molecular flexibility index (Phi) is 5.15. The Morgan fingerprint density at radius 2 is 1.32 bits per heavy atom. The van der Waals surface area contributed by atoms with Gasteiger partial charge in [0.05, 0.1) is 0 Å². The summed E-state index contributed by atoms with van der Waals surface area (Å²) in [7, 11) is 0. The molecule has 104 valence electrons. The van der Waals surface area contributed by atoms with E-state index in [1.807, 2.05) is 0 Å². The van der Waals surface area contributed by atoms with Crippen molar-refractivity contribution in [3.63, 3.8) is 0 Å². The van der Waals surface area contributed by atoms with Crippen LogP contribution in [-0.2, 0) is 5.41 Å². The molecule has 0 atom stereocenters. The Bertz CT molecular complexity index is 562. The van der Waals surface area contributed by atoms with Crippen molar-refractivity contribution in [3.05, 3.63) is 59.2 Å². The predicted octanol–water partition coefficient (Wildman–Crippen LogP) is 6.21. The molecule has 0 bridgehead atoms. The molecule has 2 aromatic rings. The van der Waals surface area contributed by atoms with E-state index < -0.39 is 0 Å². The van der Waals surface area contributed by atoms with Crippen molar-refractivity contribution in [1.82, 2.24) is 0 Å². The SMILES string of the molecule is C.C.C.Cc1ccc2c(c1)-c1ccccc1C2(C)C. The topological polar surface area (TPSA) is 0 Å². The van der Waals surface area contributed by atoms with E-state index in [1.54, 1.807) is 0 Å². The monoisotopic (exact) mass is 256 g/mol. The number of fused-ring (bicyclic) bond motifs is 3. The zero-order valence-corrected chi connectivity index (χ0v) is 10.0. The molecular weight excluding hydrogens is 228 g/mol. The number of hydrogen-bond donors (Lipinski definition) is 0. The van der Waals surface area contributed by atoms with Crippen LogP contribution in [0, 0.1) is 6.92 Å². The van der Waals surface area contributed by atoms with Gasteiger partial charge in [-0.05, 0) is 29.2 Å². The predicted molar refractivity (Wildman–Crippen MR) is 88.9 cm³/mol. The standard InChI is InChI=1S/C16H16.3CH4/c1-11-8-9-15-13(10-11)12-6-4-5-7-14(12)16(15,2)3;;;/h4-10H,1-3H3;3*1H4. The Morgan fingerprint density at radius 3 is 2.00 bits per heavy atom. The third-order valence-electron chi connectivity index (χ3n) is 3.74. The Morgan fingerprint density at radius 1 is 0.737 bits per heavy atom. The van der Waals surface area contributed by atoms with Gasteiger partial charge in [0, 0.05) is 5.41 Å². The summed E-state index contributed by atoms with van der Waals surface area (Å²) in [5.41, 5.74) is 7.23. The molecule has 0 aliphatic heterocycles. The van der Waals surface area contributed by atoms with Gasteiger partial charge < -0.3 is 0 Å². The van der Waals surface area contributed by atoms with Crippen molar-refractivity contribution in [2.45, 2.75) is 48.5 Å². The highest BCUT2D eigenvalue weighted by Crippen LogP contribution is 2.48. The van der Waals surface area contributed by atoms with Gasteiger partial charge in [0.1, 0.15) is 0 Å². The first-order chi connectivity index (χ1) is 7.60. The molecule has 1 aliphatic carbocycles. The highest BCUT2D eigenvalue weighted by molar-refractivity contribution is 5.80. The third-order valence-corrected chi connectivity index (χ3v) is 3.74. The Labute approximate surface area is 119 Å². The lowest BCUT2D eigenvalue weighted by atomic mass is 9.82. The zero-order chi connectivity index (χ0) is 11.3. The molecule has 0 spiro atoms. The van der Waals surface area contributed by atoms with Crippen molar-refractivity contribution < 1.29 is 0 Å². The highest BCUT2D eigenvalue weighted by Gasteiger charge is 2.34. The molecule has 0 fully saturated rings. The van der Waals surface area contributed by atoms with Gasteiger partial charge in [0.2, 0.25) is 0 Å². The molecule has 0 unspecified atom stereocenters. The molecule has 0 saturated heterocycles. The Balaban J connectivity index is 0.00000108. The van der Waals surface area contributed by atoms with Crippen molar-refractivity contribution in [1.29, 1.82) is 0 Å². The number of benzene rings is 2. The number of hydrogen-bond acceptors (Lipinski definition) is 0. The molecule has 1 aliphatic rings. The number of rotatable bonds is 0. The van der Waals surface area contributed by atoms with Crippen LogP contribution in [-0.4, -0.2) is 0 Å². The van der Waals surface area contributed by atoms with Crippen LogP contribution in [0.2, 0.25) is 0 Å². The van der Waals surface area contributed by atoms with Gasteiger partial charge in [0.15, 0.2) is 0 Å². The van der Waals surface area contributed by atoms with E-state index in [0.717, 1.165) is 0 Å². The summed E-state index contributed by atoms with van der Waals surface area (Å²) in [6.07, 6.45) is 0. The normalized spacial score (nSPS) is 13.2. The first kappa shape index (κ1) is 17.4. The van der Waals surface area contributed by atoms with Crippen molar-refractivity contribution in [2.24, 2.45) is 0 Å². The van der Waals surface area contributed by atoms with Crippen LogP contribution in [0.1, 0.15) is 52.8 Å². The van der Waals surface area contributed by atoms with Crippen LogP contribution < -0.4 is 0 Å².